The standard InChI is InChI=1S/C15H20N4O4/c1-15(2,3)23-14(22)18-12(13(20)21)8-10-5-4-6-11(7-10)9-17-19-16/h4-7,12H,8-9H2,1-3H3,(H,18,22)(H,20,21). The van der Waals surface area contributed by atoms with Gasteiger partial charge in [0.05, 0.1) is 6.54 Å². The number of alkyl carbamates (subject to hydrolysis) is 1. The van der Waals surface area contributed by atoms with E-state index in [-0.39, 0.29) is 13.0 Å². The molecule has 1 aromatic carbocycles. The second-order valence-corrected chi connectivity index (χ2v) is 5.95. The predicted molar refractivity (Wildman–Crippen MR) is 83.8 cm³/mol. The Balaban J connectivity index is 2.78. The topological polar surface area (TPSA) is 124 Å². The first-order valence-corrected chi connectivity index (χ1v) is 7.02. The van der Waals surface area contributed by atoms with Crippen LogP contribution in [0.5, 0.6) is 0 Å². The molecule has 23 heavy (non-hydrogen) atoms. The molecule has 0 aromatic heterocycles. The number of hydrogen-bond donors (Lipinski definition) is 2. The van der Waals surface area contributed by atoms with E-state index in [1.54, 1.807) is 45.0 Å². The summed E-state index contributed by atoms with van der Waals surface area (Å²) in [5.74, 6) is -1.16. The van der Waals surface area contributed by atoms with Crippen LogP contribution in [0.25, 0.3) is 10.4 Å². The molecule has 1 rings (SSSR count). The Morgan fingerprint density at radius 1 is 1.39 bits per heavy atom. The Hall–Kier alpha value is -2.73. The van der Waals surface area contributed by atoms with E-state index in [2.05, 4.69) is 15.3 Å². The first-order valence-electron chi connectivity index (χ1n) is 7.02. The quantitative estimate of drug-likeness (QED) is 0.474. The molecule has 1 unspecified atom stereocenters. The molecule has 0 saturated carbocycles. The minimum atomic E-state index is -1.16. The molecular formula is C15H20N4O4. The number of amides is 1. The molecule has 8 nitrogen and oxygen atoms in total. The molecule has 0 aliphatic heterocycles. The number of carboxylic acids is 1. The number of ether oxygens (including phenoxy) is 1. The lowest BCUT2D eigenvalue weighted by atomic mass is 10.0. The van der Waals surface area contributed by atoms with Crippen LogP contribution in [0.15, 0.2) is 29.4 Å². The summed E-state index contributed by atoms with van der Waals surface area (Å²) in [5.41, 5.74) is 9.09. The molecule has 0 saturated heterocycles. The van der Waals surface area contributed by atoms with Gasteiger partial charge in [0.25, 0.3) is 0 Å². The largest absolute Gasteiger partial charge is 0.480 e. The van der Waals surface area contributed by atoms with Crippen molar-refractivity contribution >= 4 is 12.1 Å². The molecule has 124 valence electrons. The second kappa shape index (κ2) is 8.05. The number of rotatable bonds is 6. The summed E-state index contributed by atoms with van der Waals surface area (Å²) in [7, 11) is 0. The third-order valence-electron chi connectivity index (χ3n) is 2.74. The fraction of sp³-hybridized carbons (Fsp3) is 0.467. The lowest BCUT2D eigenvalue weighted by Gasteiger charge is -2.22. The van der Waals surface area contributed by atoms with Crippen LogP contribution in [0.1, 0.15) is 31.9 Å². The van der Waals surface area contributed by atoms with Gasteiger partial charge < -0.3 is 15.2 Å². The molecule has 0 spiro atoms. The van der Waals surface area contributed by atoms with Crippen LogP contribution in [0, 0.1) is 0 Å². The van der Waals surface area contributed by atoms with Crippen molar-refractivity contribution < 1.29 is 19.4 Å². The lowest BCUT2D eigenvalue weighted by Crippen LogP contribution is -2.44. The van der Waals surface area contributed by atoms with Gasteiger partial charge in [-0.1, -0.05) is 29.4 Å². The normalized spacial score (nSPS) is 12.0. The van der Waals surface area contributed by atoms with Crippen LogP contribution in [0.3, 0.4) is 0 Å². The number of carbonyl (C=O) groups is 2. The minimum Gasteiger partial charge on any atom is -0.480 e. The van der Waals surface area contributed by atoms with E-state index in [9.17, 15) is 14.7 Å². The highest BCUT2D eigenvalue weighted by atomic mass is 16.6. The number of benzene rings is 1. The smallest absolute Gasteiger partial charge is 0.408 e. The highest BCUT2D eigenvalue weighted by Gasteiger charge is 2.24. The fourth-order valence-corrected chi connectivity index (χ4v) is 1.85. The van der Waals surface area contributed by atoms with E-state index in [4.69, 9.17) is 10.3 Å². The van der Waals surface area contributed by atoms with E-state index in [1.807, 2.05) is 0 Å². The van der Waals surface area contributed by atoms with Gasteiger partial charge in [0.2, 0.25) is 0 Å². The molecular weight excluding hydrogens is 300 g/mol. The van der Waals surface area contributed by atoms with E-state index < -0.39 is 23.7 Å². The van der Waals surface area contributed by atoms with Crippen LogP contribution in [-0.2, 0) is 22.5 Å². The van der Waals surface area contributed by atoms with Crippen molar-refractivity contribution in [1.82, 2.24) is 5.32 Å². The third-order valence-corrected chi connectivity index (χ3v) is 2.74. The molecule has 0 radical (unpaired) electrons. The number of nitrogens with one attached hydrogen (secondary N) is 1. The Morgan fingerprint density at radius 3 is 2.61 bits per heavy atom. The molecule has 2 N–H and O–H groups in total. The second-order valence-electron chi connectivity index (χ2n) is 5.95. The molecule has 0 fully saturated rings. The molecule has 8 heteroatoms. The van der Waals surface area contributed by atoms with Gasteiger partial charge in [-0.2, -0.15) is 0 Å². The van der Waals surface area contributed by atoms with Gasteiger partial charge in [-0.05, 0) is 37.4 Å². The van der Waals surface area contributed by atoms with Crippen LogP contribution >= 0.6 is 0 Å². The summed E-state index contributed by atoms with van der Waals surface area (Å²) < 4.78 is 5.06. The van der Waals surface area contributed by atoms with Crippen molar-refractivity contribution in [2.45, 2.75) is 45.4 Å². The number of azide groups is 1. The van der Waals surface area contributed by atoms with E-state index in [0.29, 0.717) is 5.56 Å². The summed E-state index contributed by atoms with van der Waals surface area (Å²) >= 11 is 0. The van der Waals surface area contributed by atoms with Crippen molar-refractivity contribution in [1.29, 1.82) is 0 Å². The van der Waals surface area contributed by atoms with Crippen molar-refractivity contribution in [2.24, 2.45) is 5.11 Å². The Labute approximate surface area is 134 Å². The number of nitrogens with zero attached hydrogens (tertiary/aromatic N) is 3. The molecule has 0 heterocycles. The zero-order valence-corrected chi connectivity index (χ0v) is 13.3. The van der Waals surface area contributed by atoms with Gasteiger partial charge in [0.15, 0.2) is 0 Å². The average molecular weight is 320 g/mol. The summed E-state index contributed by atoms with van der Waals surface area (Å²) in [6.45, 7) is 5.27. The zero-order valence-electron chi connectivity index (χ0n) is 13.3. The van der Waals surface area contributed by atoms with Crippen molar-refractivity contribution in [3.8, 4) is 0 Å². The molecule has 1 amide bonds. The van der Waals surface area contributed by atoms with Crippen molar-refractivity contribution in [3.63, 3.8) is 0 Å². The van der Waals surface area contributed by atoms with Gasteiger partial charge >= 0.3 is 12.1 Å². The lowest BCUT2D eigenvalue weighted by molar-refractivity contribution is -0.139. The number of carboxylic acid groups (broad SMARTS) is 1. The van der Waals surface area contributed by atoms with Gasteiger partial charge in [0.1, 0.15) is 11.6 Å². The first-order chi connectivity index (χ1) is 10.7. The van der Waals surface area contributed by atoms with Gasteiger partial charge in [-0.3, -0.25) is 0 Å². The van der Waals surface area contributed by atoms with Gasteiger partial charge in [-0.25, -0.2) is 9.59 Å². The summed E-state index contributed by atoms with van der Waals surface area (Å²) in [5, 5.41) is 15.1. The maximum Gasteiger partial charge on any atom is 0.408 e. The maximum atomic E-state index is 11.7. The van der Waals surface area contributed by atoms with E-state index in [0.717, 1.165) is 5.56 Å². The molecule has 0 aliphatic carbocycles. The van der Waals surface area contributed by atoms with Crippen molar-refractivity contribution in [2.75, 3.05) is 0 Å². The monoisotopic (exact) mass is 320 g/mol. The molecule has 1 atom stereocenters. The number of hydrogen-bond acceptors (Lipinski definition) is 4. The maximum absolute atomic E-state index is 11.7. The van der Waals surface area contributed by atoms with Crippen LogP contribution < -0.4 is 5.32 Å². The SMILES string of the molecule is CC(C)(C)OC(=O)NC(Cc1cccc(CN=[N+]=[N-])c1)C(=O)O. The van der Waals surface area contributed by atoms with Crippen molar-refractivity contribution in [3.05, 3.63) is 45.8 Å². The van der Waals surface area contributed by atoms with Gasteiger partial charge in [-0.15, -0.1) is 0 Å². The van der Waals surface area contributed by atoms with E-state index >= 15 is 0 Å². The Kier molecular flexibility index (Phi) is 6.41. The van der Waals surface area contributed by atoms with E-state index in [1.165, 1.54) is 0 Å². The average Bonchev–Trinajstić information content (AvgIpc) is 2.42. The predicted octanol–water partition coefficient (Wildman–Crippen LogP) is 3.02. The third kappa shape index (κ3) is 7.19. The summed E-state index contributed by atoms with van der Waals surface area (Å²) in [6, 6.07) is 5.88. The Bertz CT molecular complexity index is 618. The van der Waals surface area contributed by atoms with Crippen LogP contribution in [-0.4, -0.2) is 28.8 Å². The highest BCUT2D eigenvalue weighted by Crippen LogP contribution is 2.11. The highest BCUT2D eigenvalue weighted by molar-refractivity contribution is 5.80. The first kappa shape index (κ1) is 18.3. The van der Waals surface area contributed by atoms with Crippen LogP contribution in [0.4, 0.5) is 4.79 Å². The van der Waals surface area contributed by atoms with Gasteiger partial charge in [0, 0.05) is 11.3 Å². The summed E-state index contributed by atoms with van der Waals surface area (Å²) in [6.07, 6.45) is -0.686. The van der Waals surface area contributed by atoms with Crippen LogP contribution in [0.2, 0.25) is 0 Å². The Morgan fingerprint density at radius 2 is 2.04 bits per heavy atom. The summed E-state index contributed by atoms with van der Waals surface area (Å²) in [4.78, 5) is 25.7. The fourth-order valence-electron chi connectivity index (χ4n) is 1.85. The molecule has 1 aromatic rings. The number of aliphatic carboxylic acids is 1. The zero-order chi connectivity index (χ0) is 17.5. The molecule has 0 aliphatic rings. The molecule has 0 bridgehead atoms. The number of carbonyl (C=O) groups excluding carboxylic acids is 1. The minimum absolute atomic E-state index is 0.0959.